The van der Waals surface area contributed by atoms with Crippen LogP contribution in [0.3, 0.4) is 0 Å². The van der Waals surface area contributed by atoms with Crippen molar-refractivity contribution in [1.82, 2.24) is 9.62 Å². The Morgan fingerprint density at radius 3 is 2.67 bits per heavy atom. The Hall–Kier alpha value is -1.16. The third-order valence-corrected chi connectivity index (χ3v) is 6.14. The zero-order valence-corrected chi connectivity index (χ0v) is 16.5. The lowest BCUT2D eigenvalue weighted by Crippen LogP contribution is -2.25. The van der Waals surface area contributed by atoms with E-state index in [0.29, 0.717) is 16.6 Å². The van der Waals surface area contributed by atoms with Crippen molar-refractivity contribution in [2.75, 3.05) is 31.7 Å². The molecule has 0 atom stereocenters. The minimum absolute atomic E-state index is 0.132. The molecule has 24 heavy (non-hydrogen) atoms. The fraction of sp³-hybridized carbons (Fsp3) is 0.467. The smallest absolute Gasteiger partial charge is 0.240 e. The van der Waals surface area contributed by atoms with Crippen LogP contribution in [-0.4, -0.2) is 49.9 Å². The van der Waals surface area contributed by atoms with Gasteiger partial charge in [-0.3, -0.25) is 4.79 Å². The molecular formula is C15H23N3O3S3. The molecule has 0 aromatic heterocycles. The summed E-state index contributed by atoms with van der Waals surface area (Å²) in [6.45, 7) is 2.39. The first kappa shape index (κ1) is 20.9. The van der Waals surface area contributed by atoms with E-state index in [1.807, 2.05) is 21.0 Å². The maximum Gasteiger partial charge on any atom is 0.240 e. The molecule has 9 heteroatoms. The number of sulfonamides is 1. The van der Waals surface area contributed by atoms with Gasteiger partial charge >= 0.3 is 0 Å². The number of nitrogens with zero attached hydrogens (tertiary/aromatic N) is 1. The average molecular weight is 390 g/mol. The minimum Gasteiger partial charge on any atom is -0.364 e. The number of hydrogen-bond donors (Lipinski definition) is 2. The number of carbonyl (C=O) groups excluding carboxylic acids is 1. The lowest BCUT2D eigenvalue weighted by atomic mass is 10.3. The molecule has 0 bridgehead atoms. The Morgan fingerprint density at radius 2 is 2.04 bits per heavy atom. The van der Waals surface area contributed by atoms with E-state index < -0.39 is 10.0 Å². The molecular weight excluding hydrogens is 366 g/mol. The predicted octanol–water partition coefficient (Wildman–Crippen LogP) is 2.28. The van der Waals surface area contributed by atoms with E-state index in [0.717, 1.165) is 12.8 Å². The quantitative estimate of drug-likeness (QED) is 0.525. The van der Waals surface area contributed by atoms with Crippen LogP contribution in [0, 0.1) is 0 Å². The summed E-state index contributed by atoms with van der Waals surface area (Å²) in [4.78, 5) is 13.8. The van der Waals surface area contributed by atoms with Gasteiger partial charge in [-0.25, -0.2) is 13.1 Å². The molecule has 0 saturated carbocycles. The van der Waals surface area contributed by atoms with Crippen LogP contribution in [-0.2, 0) is 14.8 Å². The molecule has 0 radical (unpaired) electrons. The molecule has 0 aliphatic rings. The van der Waals surface area contributed by atoms with Gasteiger partial charge in [0.1, 0.15) is 4.32 Å². The number of anilines is 1. The van der Waals surface area contributed by atoms with Crippen LogP contribution in [0.2, 0.25) is 0 Å². The normalized spacial score (nSPS) is 11.1. The molecule has 1 aromatic rings. The number of nitrogens with one attached hydrogen (secondary N) is 2. The van der Waals surface area contributed by atoms with Crippen molar-refractivity contribution >= 4 is 49.9 Å². The summed E-state index contributed by atoms with van der Waals surface area (Å²) in [5.74, 6) is -0.0689. The molecule has 0 unspecified atom stereocenters. The van der Waals surface area contributed by atoms with Crippen LogP contribution in [0.5, 0.6) is 0 Å². The maximum absolute atomic E-state index is 12.2. The van der Waals surface area contributed by atoms with E-state index in [9.17, 15) is 13.2 Å². The van der Waals surface area contributed by atoms with Crippen molar-refractivity contribution in [2.45, 2.75) is 24.7 Å². The van der Waals surface area contributed by atoms with E-state index in [-0.39, 0.29) is 16.6 Å². The highest BCUT2D eigenvalue weighted by molar-refractivity contribution is 8.23. The zero-order valence-electron chi connectivity index (χ0n) is 14.0. The third-order valence-electron chi connectivity index (χ3n) is 2.94. The summed E-state index contributed by atoms with van der Waals surface area (Å²) < 4.78 is 27.5. The largest absolute Gasteiger partial charge is 0.364 e. The van der Waals surface area contributed by atoms with Gasteiger partial charge < -0.3 is 10.2 Å². The molecule has 1 amide bonds. The van der Waals surface area contributed by atoms with Gasteiger partial charge in [-0.15, -0.1) is 0 Å². The first-order valence-electron chi connectivity index (χ1n) is 7.50. The fourth-order valence-corrected chi connectivity index (χ4v) is 3.54. The molecule has 6 nitrogen and oxygen atoms in total. The second kappa shape index (κ2) is 9.97. The molecule has 1 rings (SSSR count). The Kier molecular flexibility index (Phi) is 8.68. The summed E-state index contributed by atoms with van der Waals surface area (Å²) in [6.07, 6.45) is 1.68. The molecule has 1 aromatic carbocycles. The van der Waals surface area contributed by atoms with Crippen molar-refractivity contribution in [1.29, 1.82) is 0 Å². The van der Waals surface area contributed by atoms with Crippen LogP contribution >= 0.6 is 24.0 Å². The van der Waals surface area contributed by atoms with E-state index in [1.165, 1.54) is 23.9 Å². The van der Waals surface area contributed by atoms with Crippen molar-refractivity contribution < 1.29 is 13.2 Å². The number of thiocarbonyl (C=S) groups is 1. The first-order chi connectivity index (χ1) is 11.3. The number of amides is 1. The van der Waals surface area contributed by atoms with Gasteiger partial charge in [-0.1, -0.05) is 43.4 Å². The third kappa shape index (κ3) is 7.16. The van der Waals surface area contributed by atoms with Crippen molar-refractivity contribution in [3.63, 3.8) is 0 Å². The summed E-state index contributed by atoms with van der Waals surface area (Å²) >= 11 is 6.35. The predicted molar refractivity (Wildman–Crippen MR) is 104 cm³/mol. The Balaban J connectivity index is 2.68. The molecule has 0 saturated heterocycles. The van der Waals surface area contributed by atoms with Gasteiger partial charge in [-0.2, -0.15) is 0 Å². The number of carbonyl (C=O) groups is 1. The van der Waals surface area contributed by atoms with E-state index in [4.69, 9.17) is 12.2 Å². The average Bonchev–Trinajstić information content (AvgIpc) is 2.53. The lowest BCUT2D eigenvalue weighted by molar-refractivity contribution is -0.113. The molecule has 0 fully saturated rings. The Labute approximate surface area is 153 Å². The number of rotatable bonds is 8. The second-order valence-corrected chi connectivity index (χ2v) is 8.65. The van der Waals surface area contributed by atoms with E-state index >= 15 is 0 Å². The van der Waals surface area contributed by atoms with Crippen LogP contribution in [0.15, 0.2) is 29.2 Å². The number of unbranched alkanes of at least 4 members (excludes halogenated alkanes) is 1. The second-order valence-electron chi connectivity index (χ2n) is 5.28. The number of thioether (sulfide) groups is 1. The van der Waals surface area contributed by atoms with Crippen LogP contribution in [0.1, 0.15) is 19.8 Å². The van der Waals surface area contributed by atoms with Gasteiger partial charge in [0, 0.05) is 26.3 Å². The van der Waals surface area contributed by atoms with Gasteiger partial charge in [-0.05, 0) is 24.6 Å². The highest BCUT2D eigenvalue weighted by Crippen LogP contribution is 2.16. The number of hydrogen-bond acceptors (Lipinski definition) is 5. The Bertz CT molecular complexity index is 676. The lowest BCUT2D eigenvalue weighted by Gasteiger charge is -2.13. The standard InChI is InChI=1S/C15H23N3O3S3/c1-4-5-9-16-24(20,21)13-8-6-7-12(10-13)17-14(19)11-23-15(22)18(2)3/h6-8,10,16H,4-5,9,11H2,1-3H3,(H,17,19). The molecule has 134 valence electrons. The van der Waals surface area contributed by atoms with E-state index in [1.54, 1.807) is 17.0 Å². The molecule has 0 aliphatic heterocycles. The summed E-state index contributed by atoms with van der Waals surface area (Å²) in [5, 5.41) is 2.69. The molecule has 0 heterocycles. The first-order valence-corrected chi connectivity index (χ1v) is 10.4. The highest BCUT2D eigenvalue weighted by Gasteiger charge is 2.14. The van der Waals surface area contributed by atoms with Crippen LogP contribution in [0.4, 0.5) is 5.69 Å². The molecule has 0 aliphatic carbocycles. The highest BCUT2D eigenvalue weighted by atomic mass is 32.2. The van der Waals surface area contributed by atoms with Crippen LogP contribution in [0.25, 0.3) is 0 Å². The fourth-order valence-electron chi connectivity index (χ4n) is 1.66. The van der Waals surface area contributed by atoms with E-state index in [2.05, 4.69) is 10.0 Å². The van der Waals surface area contributed by atoms with Crippen molar-refractivity contribution in [2.24, 2.45) is 0 Å². The zero-order chi connectivity index (χ0) is 18.2. The van der Waals surface area contributed by atoms with Gasteiger partial charge in [0.25, 0.3) is 0 Å². The Morgan fingerprint density at radius 1 is 1.33 bits per heavy atom. The van der Waals surface area contributed by atoms with Crippen LogP contribution < -0.4 is 10.0 Å². The number of benzene rings is 1. The summed E-state index contributed by atoms with van der Waals surface area (Å²) in [6, 6.07) is 6.19. The van der Waals surface area contributed by atoms with Gasteiger partial charge in [0.2, 0.25) is 15.9 Å². The topological polar surface area (TPSA) is 78.5 Å². The summed E-state index contributed by atoms with van der Waals surface area (Å²) in [7, 11) is 0.0635. The molecule has 2 N–H and O–H groups in total. The maximum atomic E-state index is 12.2. The summed E-state index contributed by atoms with van der Waals surface area (Å²) in [5.41, 5.74) is 0.440. The van der Waals surface area contributed by atoms with Crippen molar-refractivity contribution in [3.05, 3.63) is 24.3 Å². The van der Waals surface area contributed by atoms with Gasteiger partial charge in [0.15, 0.2) is 0 Å². The minimum atomic E-state index is -3.56. The van der Waals surface area contributed by atoms with Gasteiger partial charge in [0.05, 0.1) is 10.6 Å². The molecule has 0 spiro atoms. The van der Waals surface area contributed by atoms with Crippen molar-refractivity contribution in [3.8, 4) is 0 Å². The SMILES string of the molecule is CCCCNS(=O)(=O)c1cccc(NC(=O)CSC(=S)N(C)C)c1. The monoisotopic (exact) mass is 389 g/mol.